The van der Waals surface area contributed by atoms with Gasteiger partial charge in [0.15, 0.2) is 0 Å². The van der Waals surface area contributed by atoms with E-state index in [0.29, 0.717) is 6.54 Å². The van der Waals surface area contributed by atoms with Crippen LogP contribution >= 0.6 is 0 Å². The molecule has 0 amide bonds. The average Bonchev–Trinajstić information content (AvgIpc) is 3.01. The van der Waals surface area contributed by atoms with Gasteiger partial charge in [0, 0.05) is 19.1 Å². The molecule has 0 aromatic carbocycles. The van der Waals surface area contributed by atoms with Crippen LogP contribution in [-0.2, 0) is 14.9 Å². The highest BCUT2D eigenvalue weighted by atomic mass is 32.2. The monoisotopic (exact) mass is 248 g/mol. The van der Waals surface area contributed by atoms with E-state index in [9.17, 15) is 8.42 Å². The van der Waals surface area contributed by atoms with Gasteiger partial charge in [-0.25, -0.2) is 0 Å². The fourth-order valence-electron chi connectivity index (χ4n) is 1.52. The van der Waals surface area contributed by atoms with Crippen molar-refractivity contribution in [1.82, 2.24) is 9.03 Å². The number of rotatable bonds is 4. The second-order valence-electron chi connectivity index (χ2n) is 4.07. The standard InChI is InChI=1S/C8H16N4O3S/c9-8(10)7-5-12(3-4-15-7)16(13,14)11-6-1-2-6/h6-7,11H,1-5H2,(H3,9,10). The number of morpholine rings is 1. The van der Waals surface area contributed by atoms with Crippen LogP contribution in [-0.4, -0.2) is 50.4 Å². The van der Waals surface area contributed by atoms with Gasteiger partial charge in [-0.1, -0.05) is 0 Å². The molecule has 1 saturated heterocycles. The number of hydrogen-bond donors (Lipinski definition) is 3. The van der Waals surface area contributed by atoms with E-state index in [-0.39, 0.29) is 25.0 Å². The third kappa shape index (κ3) is 2.70. The second-order valence-corrected chi connectivity index (χ2v) is 5.77. The summed E-state index contributed by atoms with van der Waals surface area (Å²) in [4.78, 5) is 0. The van der Waals surface area contributed by atoms with E-state index in [1.165, 1.54) is 4.31 Å². The molecule has 92 valence electrons. The van der Waals surface area contributed by atoms with Crippen molar-refractivity contribution in [2.75, 3.05) is 19.7 Å². The van der Waals surface area contributed by atoms with Crippen molar-refractivity contribution < 1.29 is 13.2 Å². The Balaban J connectivity index is 1.99. The third-order valence-corrected chi connectivity index (χ3v) is 4.25. The lowest BCUT2D eigenvalue weighted by molar-refractivity contribution is 0.0363. The first-order valence-corrected chi connectivity index (χ1v) is 6.66. The number of nitrogens with zero attached hydrogens (tertiary/aromatic N) is 1. The van der Waals surface area contributed by atoms with Gasteiger partial charge < -0.3 is 10.5 Å². The van der Waals surface area contributed by atoms with Crippen LogP contribution in [0.2, 0.25) is 0 Å². The molecular weight excluding hydrogens is 232 g/mol. The van der Waals surface area contributed by atoms with Gasteiger partial charge in [-0.3, -0.25) is 5.41 Å². The fourth-order valence-corrected chi connectivity index (χ4v) is 2.97. The van der Waals surface area contributed by atoms with Crippen molar-refractivity contribution >= 4 is 16.0 Å². The largest absolute Gasteiger partial charge is 0.385 e. The summed E-state index contributed by atoms with van der Waals surface area (Å²) in [5.74, 6) is -0.133. The maximum atomic E-state index is 11.9. The molecule has 0 radical (unpaired) electrons. The Bertz CT molecular complexity index is 379. The van der Waals surface area contributed by atoms with E-state index < -0.39 is 16.3 Å². The predicted molar refractivity (Wildman–Crippen MR) is 58.3 cm³/mol. The summed E-state index contributed by atoms with van der Waals surface area (Å²) in [6, 6.07) is 0.0867. The molecule has 7 nitrogen and oxygen atoms in total. The Morgan fingerprint density at radius 1 is 1.50 bits per heavy atom. The first-order chi connectivity index (χ1) is 7.49. The van der Waals surface area contributed by atoms with E-state index >= 15 is 0 Å². The van der Waals surface area contributed by atoms with Crippen molar-refractivity contribution in [3.63, 3.8) is 0 Å². The summed E-state index contributed by atoms with van der Waals surface area (Å²) in [7, 11) is -3.44. The molecule has 0 aromatic heterocycles. The van der Waals surface area contributed by atoms with Gasteiger partial charge in [0.25, 0.3) is 10.2 Å². The van der Waals surface area contributed by atoms with Gasteiger partial charge in [-0.05, 0) is 12.8 Å². The van der Waals surface area contributed by atoms with Crippen molar-refractivity contribution in [3.8, 4) is 0 Å². The Morgan fingerprint density at radius 2 is 2.19 bits per heavy atom. The highest BCUT2D eigenvalue weighted by Gasteiger charge is 2.34. The number of nitrogens with two attached hydrogens (primary N) is 1. The van der Waals surface area contributed by atoms with Crippen LogP contribution in [0, 0.1) is 5.41 Å². The fraction of sp³-hybridized carbons (Fsp3) is 0.875. The van der Waals surface area contributed by atoms with Crippen LogP contribution in [0.5, 0.6) is 0 Å². The maximum absolute atomic E-state index is 11.9. The average molecular weight is 248 g/mol. The van der Waals surface area contributed by atoms with E-state index in [1.54, 1.807) is 0 Å². The Labute approximate surface area is 94.6 Å². The molecule has 1 atom stereocenters. The molecule has 16 heavy (non-hydrogen) atoms. The van der Waals surface area contributed by atoms with Gasteiger partial charge in [0.05, 0.1) is 6.61 Å². The minimum Gasteiger partial charge on any atom is -0.385 e. The van der Waals surface area contributed by atoms with Crippen molar-refractivity contribution in [1.29, 1.82) is 5.41 Å². The second kappa shape index (κ2) is 4.28. The molecule has 1 heterocycles. The summed E-state index contributed by atoms with van der Waals surface area (Å²) in [5, 5.41) is 7.25. The highest BCUT2D eigenvalue weighted by Crippen LogP contribution is 2.21. The van der Waals surface area contributed by atoms with E-state index in [4.69, 9.17) is 15.9 Å². The van der Waals surface area contributed by atoms with E-state index in [1.807, 2.05) is 0 Å². The minimum atomic E-state index is -3.44. The van der Waals surface area contributed by atoms with Crippen molar-refractivity contribution in [2.45, 2.75) is 25.0 Å². The van der Waals surface area contributed by atoms with Crippen molar-refractivity contribution in [2.24, 2.45) is 5.73 Å². The molecule has 0 bridgehead atoms. The molecule has 0 aromatic rings. The summed E-state index contributed by atoms with van der Waals surface area (Å²) < 4.78 is 32.8. The van der Waals surface area contributed by atoms with E-state index in [0.717, 1.165) is 12.8 Å². The number of nitrogens with one attached hydrogen (secondary N) is 2. The molecular formula is C8H16N4O3S. The molecule has 2 fully saturated rings. The molecule has 1 aliphatic carbocycles. The summed E-state index contributed by atoms with van der Waals surface area (Å²) >= 11 is 0. The van der Waals surface area contributed by atoms with Crippen LogP contribution in [0.3, 0.4) is 0 Å². The zero-order valence-corrected chi connectivity index (χ0v) is 9.66. The molecule has 4 N–H and O–H groups in total. The molecule has 2 rings (SSSR count). The van der Waals surface area contributed by atoms with Gasteiger partial charge in [-0.2, -0.15) is 17.4 Å². The number of ether oxygens (including phenoxy) is 1. The third-order valence-electron chi connectivity index (χ3n) is 2.61. The van der Waals surface area contributed by atoms with Crippen molar-refractivity contribution in [3.05, 3.63) is 0 Å². The maximum Gasteiger partial charge on any atom is 0.279 e. The Kier molecular flexibility index (Phi) is 3.15. The zero-order chi connectivity index (χ0) is 11.8. The van der Waals surface area contributed by atoms with E-state index in [2.05, 4.69) is 4.72 Å². The molecule has 8 heteroatoms. The molecule has 1 saturated carbocycles. The van der Waals surface area contributed by atoms with Crippen LogP contribution in [0.4, 0.5) is 0 Å². The quantitative estimate of drug-likeness (QED) is 0.421. The lowest BCUT2D eigenvalue weighted by Crippen LogP contribution is -2.53. The predicted octanol–water partition coefficient (Wildman–Crippen LogP) is -1.38. The molecule has 0 spiro atoms. The van der Waals surface area contributed by atoms with Crippen LogP contribution < -0.4 is 10.5 Å². The minimum absolute atomic E-state index is 0.0867. The smallest absolute Gasteiger partial charge is 0.279 e. The van der Waals surface area contributed by atoms with Crippen LogP contribution in [0.25, 0.3) is 0 Å². The Morgan fingerprint density at radius 3 is 2.75 bits per heavy atom. The summed E-state index contributed by atoms with van der Waals surface area (Å²) in [6.45, 7) is 0.707. The topological polar surface area (TPSA) is 109 Å². The molecule has 1 unspecified atom stereocenters. The van der Waals surface area contributed by atoms with Crippen LogP contribution in [0.15, 0.2) is 0 Å². The number of hydrogen-bond acceptors (Lipinski definition) is 4. The summed E-state index contributed by atoms with van der Waals surface area (Å²) in [6.07, 6.45) is 1.18. The first kappa shape index (κ1) is 11.8. The van der Waals surface area contributed by atoms with Gasteiger partial charge in [-0.15, -0.1) is 0 Å². The lowest BCUT2D eigenvalue weighted by Gasteiger charge is -2.31. The first-order valence-electron chi connectivity index (χ1n) is 5.22. The normalized spacial score (nSPS) is 27.9. The van der Waals surface area contributed by atoms with Gasteiger partial charge >= 0.3 is 0 Å². The highest BCUT2D eigenvalue weighted by molar-refractivity contribution is 7.87. The molecule has 1 aliphatic heterocycles. The van der Waals surface area contributed by atoms with Gasteiger partial charge in [0.1, 0.15) is 11.9 Å². The Hall–Kier alpha value is -0.700. The number of amidine groups is 1. The summed E-state index contributed by atoms with van der Waals surface area (Å²) in [5.41, 5.74) is 5.30. The lowest BCUT2D eigenvalue weighted by atomic mass is 10.3. The van der Waals surface area contributed by atoms with Crippen LogP contribution in [0.1, 0.15) is 12.8 Å². The SMILES string of the molecule is N=C(N)C1CN(S(=O)(=O)NC2CC2)CCO1. The zero-order valence-electron chi connectivity index (χ0n) is 8.85. The van der Waals surface area contributed by atoms with Gasteiger partial charge in [0.2, 0.25) is 0 Å². The molecule has 2 aliphatic rings.